The summed E-state index contributed by atoms with van der Waals surface area (Å²) in [5, 5.41) is 13.0. The van der Waals surface area contributed by atoms with E-state index in [1.807, 2.05) is 0 Å². The summed E-state index contributed by atoms with van der Waals surface area (Å²) >= 11 is 0. The highest BCUT2D eigenvalue weighted by atomic mass is 14.2. The van der Waals surface area contributed by atoms with E-state index in [9.17, 15) is 0 Å². The summed E-state index contributed by atoms with van der Waals surface area (Å²) in [6, 6.07) is 0. The molecule has 2 heteroatoms. The molecule has 0 saturated carbocycles. The maximum absolute atomic E-state index is 6.50. The molecule has 0 aliphatic rings. The lowest BCUT2D eigenvalue weighted by Crippen LogP contribution is -1.27. The summed E-state index contributed by atoms with van der Waals surface area (Å²) in [5.74, 6) is 0. The van der Waals surface area contributed by atoms with E-state index < -0.39 is 0 Å². The Morgan fingerprint density at radius 3 is 1.00 bits per heavy atom. The highest BCUT2D eigenvalue weighted by Gasteiger charge is 1.35. The summed E-state index contributed by atoms with van der Waals surface area (Å²) in [6.45, 7) is 11.2. The fourth-order valence-electron chi connectivity index (χ4n) is 0. The van der Waals surface area contributed by atoms with Crippen LogP contribution in [-0.2, 0) is 0 Å². The van der Waals surface area contributed by atoms with Crippen LogP contribution in [0.15, 0.2) is 0 Å². The van der Waals surface area contributed by atoms with E-state index in [1.165, 1.54) is 6.42 Å². The Kier molecular flexibility index (Phi) is 471000. The average molecular weight is 98.1 g/mol. The Morgan fingerprint density at radius 2 is 1.00 bits per heavy atom. The molecule has 0 heterocycles. The zero-order valence-electron chi connectivity index (χ0n) is 4.76. The molecule has 0 aromatic carbocycles. The van der Waals surface area contributed by atoms with Crippen LogP contribution in [0.4, 0.5) is 0 Å². The van der Waals surface area contributed by atoms with Gasteiger partial charge < -0.3 is 0 Å². The van der Waals surface area contributed by atoms with Crippen molar-refractivity contribution in [3.63, 3.8) is 0 Å². The Morgan fingerprint density at radius 1 is 1.00 bits per heavy atom. The minimum atomic E-state index is 1.25. The van der Waals surface area contributed by atoms with Gasteiger partial charge in [0, 0.05) is 13.1 Å². The Labute approximate surface area is 45.0 Å². The molecule has 0 spiro atoms. The monoisotopic (exact) mass is 98.1 g/mol. The molecule has 0 unspecified atom stereocenters. The molecule has 7 heavy (non-hydrogen) atoms. The highest BCUT2D eigenvalue weighted by Crippen LogP contribution is 1.56. The van der Waals surface area contributed by atoms with E-state index in [2.05, 4.69) is 27.0 Å². The second kappa shape index (κ2) is 197000. The SMILES string of the molecule is C#N.C#N.CCC. The molecule has 0 radical (unpaired) electrons. The summed E-state index contributed by atoms with van der Waals surface area (Å²) in [6.07, 6.45) is 1.25. The molecule has 0 N–H and O–H groups in total. The van der Waals surface area contributed by atoms with Crippen LogP contribution in [0.5, 0.6) is 0 Å². The molecule has 0 bridgehead atoms. The summed E-state index contributed by atoms with van der Waals surface area (Å²) in [4.78, 5) is 0. The molecular formula is C5H10N2. The molecular weight excluding hydrogens is 88.1 g/mol. The third kappa shape index (κ3) is 42.5. The van der Waals surface area contributed by atoms with Crippen molar-refractivity contribution in [2.75, 3.05) is 0 Å². The minimum Gasteiger partial charge on any atom is -0.202 e. The Balaban J connectivity index is -0.0000000360. The van der Waals surface area contributed by atoms with Gasteiger partial charge in [-0.15, -0.1) is 0 Å². The van der Waals surface area contributed by atoms with Crippen molar-refractivity contribution in [1.29, 1.82) is 10.5 Å². The van der Waals surface area contributed by atoms with Crippen LogP contribution >= 0.6 is 0 Å². The summed E-state index contributed by atoms with van der Waals surface area (Å²) in [7, 11) is 0. The molecule has 0 aliphatic heterocycles. The van der Waals surface area contributed by atoms with Gasteiger partial charge in [-0.1, -0.05) is 20.3 Å². The Bertz CT molecular complexity index is 29.8. The van der Waals surface area contributed by atoms with E-state index in [1.54, 1.807) is 0 Å². The summed E-state index contributed by atoms with van der Waals surface area (Å²) < 4.78 is 0. The smallest absolute Gasteiger partial charge is 0.0462 e. The quantitative estimate of drug-likeness (QED) is 0.463. The molecule has 0 aliphatic carbocycles. The molecule has 0 rings (SSSR count). The van der Waals surface area contributed by atoms with Gasteiger partial charge in [-0.3, -0.25) is 0 Å². The van der Waals surface area contributed by atoms with Crippen LogP contribution in [0.2, 0.25) is 0 Å². The van der Waals surface area contributed by atoms with Gasteiger partial charge in [0.05, 0.1) is 0 Å². The predicted octanol–water partition coefficient (Wildman–Crippen LogP) is 1.70. The molecule has 0 amide bonds. The van der Waals surface area contributed by atoms with E-state index in [4.69, 9.17) is 10.5 Å². The zero-order chi connectivity index (χ0) is 6.71. The van der Waals surface area contributed by atoms with Crippen molar-refractivity contribution in [2.24, 2.45) is 0 Å². The van der Waals surface area contributed by atoms with Crippen LogP contribution in [0, 0.1) is 23.7 Å². The van der Waals surface area contributed by atoms with Crippen LogP contribution < -0.4 is 0 Å². The molecule has 0 aromatic heterocycles. The molecule has 40 valence electrons. The standard InChI is InChI=1S/C3H8.2CHN/c1-3-2;2*1-2/h3H2,1-2H3;2*1H. The van der Waals surface area contributed by atoms with E-state index in [0.717, 1.165) is 0 Å². The van der Waals surface area contributed by atoms with Gasteiger partial charge in [-0.25, -0.2) is 10.5 Å². The van der Waals surface area contributed by atoms with Crippen molar-refractivity contribution in [2.45, 2.75) is 20.3 Å². The molecule has 0 atom stereocenters. The third-order valence-corrected chi connectivity index (χ3v) is 0. The van der Waals surface area contributed by atoms with E-state index >= 15 is 0 Å². The maximum atomic E-state index is 6.50. The predicted molar refractivity (Wildman–Crippen MR) is 29.3 cm³/mol. The minimum absolute atomic E-state index is 1.25. The number of nitrogens with zero attached hydrogens (tertiary/aromatic N) is 2. The van der Waals surface area contributed by atoms with Gasteiger partial charge in [0.15, 0.2) is 0 Å². The Hall–Kier alpha value is -1.02. The number of rotatable bonds is 0. The van der Waals surface area contributed by atoms with E-state index in [-0.39, 0.29) is 0 Å². The van der Waals surface area contributed by atoms with Crippen molar-refractivity contribution in [1.82, 2.24) is 0 Å². The lowest BCUT2D eigenvalue weighted by Gasteiger charge is -1.48. The fraction of sp³-hybridized carbons (Fsp3) is 0.600. The lowest BCUT2D eigenvalue weighted by atomic mass is 10.6. The average Bonchev–Trinajstić information content (AvgIpc) is 1.78. The molecule has 2 nitrogen and oxygen atoms in total. The zero-order valence-corrected chi connectivity index (χ0v) is 4.76. The van der Waals surface area contributed by atoms with Gasteiger partial charge in [0.1, 0.15) is 0 Å². The van der Waals surface area contributed by atoms with Gasteiger partial charge in [-0.05, 0) is 0 Å². The first-order valence-electron chi connectivity index (χ1n) is 1.93. The number of nitriles is 2. The molecule has 0 aromatic rings. The van der Waals surface area contributed by atoms with Crippen molar-refractivity contribution < 1.29 is 0 Å². The maximum Gasteiger partial charge on any atom is 0.0462 e. The summed E-state index contributed by atoms with van der Waals surface area (Å²) in [5.41, 5.74) is 0. The van der Waals surface area contributed by atoms with Gasteiger partial charge >= 0.3 is 0 Å². The van der Waals surface area contributed by atoms with Crippen LogP contribution in [0.3, 0.4) is 0 Å². The van der Waals surface area contributed by atoms with Crippen molar-refractivity contribution >= 4 is 0 Å². The van der Waals surface area contributed by atoms with Gasteiger partial charge in [-0.2, -0.15) is 0 Å². The van der Waals surface area contributed by atoms with Crippen molar-refractivity contribution in [3.8, 4) is 13.1 Å². The second-order valence-electron chi connectivity index (χ2n) is 0.707. The molecule has 0 saturated heterocycles. The first kappa shape index (κ1) is 16.7. The highest BCUT2D eigenvalue weighted by molar-refractivity contribution is 4.03. The fourth-order valence-corrected chi connectivity index (χ4v) is 0. The van der Waals surface area contributed by atoms with E-state index in [0.29, 0.717) is 0 Å². The first-order valence-corrected chi connectivity index (χ1v) is 1.93. The third-order valence-electron chi connectivity index (χ3n) is 0. The topological polar surface area (TPSA) is 47.6 Å². The number of hydrogen-bond acceptors (Lipinski definition) is 2. The van der Waals surface area contributed by atoms with Crippen LogP contribution in [0.25, 0.3) is 0 Å². The second-order valence-corrected chi connectivity index (χ2v) is 0.707. The molecule has 0 fully saturated rings. The first-order chi connectivity index (χ1) is 3.41. The number of hydrogen-bond donors (Lipinski definition) is 0. The van der Waals surface area contributed by atoms with Gasteiger partial charge in [0.25, 0.3) is 0 Å². The van der Waals surface area contributed by atoms with Gasteiger partial charge in [0.2, 0.25) is 0 Å². The van der Waals surface area contributed by atoms with Crippen molar-refractivity contribution in [3.05, 3.63) is 0 Å². The van der Waals surface area contributed by atoms with Crippen LogP contribution in [-0.4, -0.2) is 0 Å². The normalized spacial score (nSPS) is 3.14. The largest absolute Gasteiger partial charge is 0.202 e. The van der Waals surface area contributed by atoms with Crippen LogP contribution in [0.1, 0.15) is 20.3 Å². The lowest BCUT2D eigenvalue weighted by molar-refractivity contribution is 1.09.